The Morgan fingerprint density at radius 3 is 1.76 bits per heavy atom. The summed E-state index contributed by atoms with van der Waals surface area (Å²) >= 11 is 12.1. The van der Waals surface area contributed by atoms with Crippen molar-refractivity contribution in [1.29, 1.82) is 0 Å². The third-order valence-corrected chi connectivity index (χ3v) is 10.1. The van der Waals surface area contributed by atoms with Crippen LogP contribution in [0.3, 0.4) is 0 Å². The fraction of sp³-hybridized carbons (Fsp3) is 0.0222. The number of imidazole rings is 2. The summed E-state index contributed by atoms with van der Waals surface area (Å²) in [5.41, 5.74) is 8.51. The summed E-state index contributed by atoms with van der Waals surface area (Å²) in [5, 5.41) is 10.1. The second-order valence-electron chi connectivity index (χ2n) is 13.3. The number of benzene rings is 6. The zero-order chi connectivity index (χ0) is 40.7. The Balaban J connectivity index is 0.000000153. The van der Waals surface area contributed by atoms with Gasteiger partial charge in [-0.15, -0.1) is 0 Å². The van der Waals surface area contributed by atoms with Crippen LogP contribution < -0.4 is 0 Å². The first-order chi connectivity index (χ1) is 28.6. The topological polar surface area (TPSA) is 71.3 Å². The summed E-state index contributed by atoms with van der Waals surface area (Å²) < 4.78 is 59.5. The zero-order valence-corrected chi connectivity index (χ0v) is 32.0. The van der Waals surface area contributed by atoms with Gasteiger partial charge in [0.1, 0.15) is 17.8 Å². The van der Waals surface area contributed by atoms with Gasteiger partial charge in [0.25, 0.3) is 0 Å². The molecule has 59 heavy (non-hydrogen) atoms. The van der Waals surface area contributed by atoms with E-state index >= 15 is 0 Å². The van der Waals surface area contributed by atoms with E-state index in [4.69, 9.17) is 28.2 Å². The van der Waals surface area contributed by atoms with E-state index < -0.39 is 11.7 Å². The summed E-state index contributed by atoms with van der Waals surface area (Å²) in [6.07, 6.45) is 0.718. The molecular formula is C45H28Cl2F4N8. The molecule has 10 aromatic rings. The molecule has 0 spiro atoms. The van der Waals surface area contributed by atoms with Gasteiger partial charge in [-0.05, 0) is 133 Å². The Kier molecular flexibility index (Phi) is 9.79. The highest BCUT2D eigenvalue weighted by Crippen LogP contribution is 2.33. The summed E-state index contributed by atoms with van der Waals surface area (Å²) in [7, 11) is 0. The Bertz CT molecular complexity index is 3060. The number of aromatic nitrogens is 8. The lowest BCUT2D eigenvalue weighted by Gasteiger charge is -2.12. The van der Waals surface area contributed by atoms with Gasteiger partial charge >= 0.3 is 6.18 Å². The number of halogens is 6. The number of hydrogen-bond acceptors (Lipinski definition) is 4. The van der Waals surface area contributed by atoms with Crippen LogP contribution in [0.2, 0.25) is 10.0 Å². The predicted octanol–water partition coefficient (Wildman–Crippen LogP) is 12.2. The van der Waals surface area contributed by atoms with E-state index in [0.29, 0.717) is 27.3 Å². The minimum Gasteiger partial charge on any atom is -0.299 e. The van der Waals surface area contributed by atoms with Crippen molar-refractivity contribution in [3.63, 3.8) is 0 Å². The van der Waals surface area contributed by atoms with Crippen LogP contribution in [0.4, 0.5) is 17.6 Å². The summed E-state index contributed by atoms with van der Waals surface area (Å²) in [4.78, 5) is 9.25. The van der Waals surface area contributed by atoms with E-state index in [9.17, 15) is 17.6 Å². The molecule has 0 fully saturated rings. The monoisotopic (exact) mass is 826 g/mol. The van der Waals surface area contributed by atoms with Crippen molar-refractivity contribution < 1.29 is 17.6 Å². The molecule has 10 rings (SSSR count). The fourth-order valence-electron chi connectivity index (χ4n) is 6.80. The van der Waals surface area contributed by atoms with Gasteiger partial charge in [-0.2, -0.15) is 23.4 Å². The molecule has 0 saturated carbocycles. The second kappa shape index (κ2) is 15.4. The minimum absolute atomic E-state index is 0.263. The first-order valence-corrected chi connectivity index (χ1v) is 18.9. The van der Waals surface area contributed by atoms with Crippen molar-refractivity contribution in [3.05, 3.63) is 192 Å². The molecule has 8 nitrogen and oxygen atoms in total. The molecule has 0 saturated heterocycles. The number of nitrogens with zero attached hydrogens (tertiary/aromatic N) is 8. The van der Waals surface area contributed by atoms with Crippen molar-refractivity contribution in [2.24, 2.45) is 0 Å². The van der Waals surface area contributed by atoms with Crippen LogP contribution in [0.15, 0.2) is 170 Å². The Labute approximate surface area is 343 Å². The van der Waals surface area contributed by atoms with E-state index in [0.717, 1.165) is 62.5 Å². The zero-order valence-electron chi connectivity index (χ0n) is 30.5. The van der Waals surface area contributed by atoms with Crippen molar-refractivity contribution in [2.75, 3.05) is 0 Å². The molecule has 4 heterocycles. The standard InChI is InChI=1S/C23H14ClF3N4.C22H14ClFN4/c24-16-7-11-17(12-8-16)30-20-4-2-1-3-19(20)29-22(30)21-13-14-28-31(21)18-9-5-15(6-10-18)23(25,26)27;23-16-2-6-19(7-3-16)28-21(11-12-26-28)15-1-10-20-22(13-15)27(14-25-20)18-8-4-17(24)5-9-18/h1-14H;1-14H. The molecule has 0 aliphatic carbocycles. The van der Waals surface area contributed by atoms with Crippen LogP contribution in [0.25, 0.3) is 67.6 Å². The number of alkyl halides is 3. The molecule has 0 N–H and O–H groups in total. The molecule has 0 atom stereocenters. The predicted molar refractivity (Wildman–Crippen MR) is 222 cm³/mol. The highest BCUT2D eigenvalue weighted by atomic mass is 35.5. The second-order valence-corrected chi connectivity index (χ2v) is 14.2. The van der Waals surface area contributed by atoms with Gasteiger partial charge in [0, 0.05) is 27.0 Å². The Hall–Kier alpha value is -7.02. The smallest absolute Gasteiger partial charge is 0.299 e. The molecule has 0 aliphatic heterocycles. The highest BCUT2D eigenvalue weighted by molar-refractivity contribution is 6.30. The molecule has 0 amide bonds. The summed E-state index contributed by atoms with van der Waals surface area (Å²) in [5.74, 6) is 0.349. The van der Waals surface area contributed by atoms with Crippen LogP contribution in [0, 0.1) is 5.82 Å². The first-order valence-electron chi connectivity index (χ1n) is 18.1. The number of hydrogen-bond donors (Lipinski definition) is 0. The molecule has 0 bridgehead atoms. The van der Waals surface area contributed by atoms with E-state index in [2.05, 4.69) is 21.2 Å². The van der Waals surface area contributed by atoms with Gasteiger partial charge in [0.2, 0.25) is 0 Å². The lowest BCUT2D eigenvalue weighted by Crippen LogP contribution is -2.07. The van der Waals surface area contributed by atoms with Crippen molar-refractivity contribution in [2.45, 2.75) is 6.18 Å². The lowest BCUT2D eigenvalue weighted by atomic mass is 10.1. The molecule has 0 radical (unpaired) electrons. The number of para-hydroxylation sites is 2. The molecule has 0 aliphatic rings. The van der Waals surface area contributed by atoms with Gasteiger partial charge in [-0.25, -0.2) is 23.7 Å². The van der Waals surface area contributed by atoms with Crippen molar-refractivity contribution in [1.82, 2.24) is 38.7 Å². The molecule has 4 aromatic heterocycles. The first kappa shape index (κ1) is 37.6. The average molecular weight is 828 g/mol. The molecule has 0 unspecified atom stereocenters. The Morgan fingerprint density at radius 1 is 0.525 bits per heavy atom. The third kappa shape index (κ3) is 7.47. The lowest BCUT2D eigenvalue weighted by molar-refractivity contribution is -0.137. The van der Waals surface area contributed by atoms with Gasteiger partial charge in [0.05, 0.1) is 57.1 Å². The largest absolute Gasteiger partial charge is 0.416 e. The number of rotatable bonds is 6. The maximum atomic E-state index is 13.3. The van der Waals surface area contributed by atoms with Gasteiger partial charge < -0.3 is 0 Å². The normalized spacial score (nSPS) is 11.6. The highest BCUT2D eigenvalue weighted by Gasteiger charge is 2.30. The SMILES string of the molecule is FC(F)(F)c1ccc(-n2nccc2-c2nc3ccccc3n2-c2ccc(Cl)cc2)cc1.Fc1ccc(-n2cnc3ccc(-c4ccnn4-c4ccc(Cl)cc4)cc32)cc1. The third-order valence-electron chi connectivity index (χ3n) is 9.62. The van der Waals surface area contributed by atoms with Crippen LogP contribution in [0.1, 0.15) is 5.56 Å². The molecular weight excluding hydrogens is 799 g/mol. The van der Waals surface area contributed by atoms with Crippen LogP contribution in [-0.4, -0.2) is 38.7 Å². The summed E-state index contributed by atoms with van der Waals surface area (Å²) in [6, 6.07) is 43.7. The van der Waals surface area contributed by atoms with Crippen LogP contribution in [-0.2, 0) is 6.18 Å². The molecule has 6 aromatic carbocycles. The Morgan fingerprint density at radius 2 is 1.10 bits per heavy atom. The van der Waals surface area contributed by atoms with E-state index in [-0.39, 0.29) is 5.82 Å². The van der Waals surface area contributed by atoms with E-state index in [1.54, 1.807) is 53.7 Å². The summed E-state index contributed by atoms with van der Waals surface area (Å²) in [6.45, 7) is 0. The maximum absolute atomic E-state index is 13.3. The van der Waals surface area contributed by atoms with Gasteiger partial charge in [-0.3, -0.25) is 9.13 Å². The average Bonchev–Trinajstić information content (AvgIpc) is 4.07. The van der Waals surface area contributed by atoms with E-state index in [1.807, 2.05) is 92.7 Å². The molecule has 14 heteroatoms. The molecule has 290 valence electrons. The minimum atomic E-state index is -4.39. The van der Waals surface area contributed by atoms with Gasteiger partial charge in [0.15, 0.2) is 5.82 Å². The fourth-order valence-corrected chi connectivity index (χ4v) is 7.06. The van der Waals surface area contributed by atoms with E-state index in [1.165, 1.54) is 24.3 Å². The number of fused-ring (bicyclic) bond motifs is 2. The van der Waals surface area contributed by atoms with Crippen molar-refractivity contribution >= 4 is 45.3 Å². The van der Waals surface area contributed by atoms with Crippen LogP contribution in [0.5, 0.6) is 0 Å². The van der Waals surface area contributed by atoms with Gasteiger partial charge in [-0.1, -0.05) is 41.4 Å². The maximum Gasteiger partial charge on any atom is 0.416 e. The quantitative estimate of drug-likeness (QED) is 0.157. The van der Waals surface area contributed by atoms with Crippen LogP contribution >= 0.6 is 23.2 Å². The van der Waals surface area contributed by atoms with Crippen molar-refractivity contribution in [3.8, 4) is 45.5 Å².